The molecule has 2 aromatic heterocycles. The van der Waals surface area contributed by atoms with Crippen molar-refractivity contribution >= 4 is 50.2 Å². The van der Waals surface area contributed by atoms with Crippen LogP contribution in [0.5, 0.6) is 0 Å². The maximum atomic E-state index is 13.6. The number of fused-ring (bicyclic) bond motifs is 1. The second-order valence-electron chi connectivity index (χ2n) is 6.81. The van der Waals surface area contributed by atoms with Crippen LogP contribution in [0.4, 0.5) is 0 Å². The van der Waals surface area contributed by atoms with Crippen LogP contribution in [0.25, 0.3) is 33.8 Å². The molecule has 5 rings (SSSR count). The molecule has 0 saturated heterocycles. The number of benzene rings is 3. The first kappa shape index (κ1) is 20.0. The molecular formula is C23H13BrCl2N4O. The Morgan fingerprint density at radius 1 is 0.871 bits per heavy atom. The number of rotatable bonds is 3. The van der Waals surface area contributed by atoms with Crippen LogP contribution in [0, 0.1) is 0 Å². The lowest BCUT2D eigenvalue weighted by molar-refractivity contribution is 0.888. The van der Waals surface area contributed by atoms with Gasteiger partial charge in [-0.25, -0.2) is 9.67 Å². The molecular weight excluding hydrogens is 499 g/mol. The van der Waals surface area contributed by atoms with E-state index in [4.69, 9.17) is 28.2 Å². The third kappa shape index (κ3) is 3.57. The minimum Gasteiger partial charge on any atom is -0.268 e. The number of halogens is 3. The van der Waals surface area contributed by atoms with E-state index < -0.39 is 0 Å². The summed E-state index contributed by atoms with van der Waals surface area (Å²) < 4.78 is 4.10. The lowest BCUT2D eigenvalue weighted by Crippen LogP contribution is -2.22. The third-order valence-electron chi connectivity index (χ3n) is 4.86. The molecule has 5 aromatic rings. The van der Waals surface area contributed by atoms with Crippen LogP contribution in [0.15, 0.2) is 88.3 Å². The van der Waals surface area contributed by atoms with E-state index in [1.807, 2.05) is 54.6 Å². The van der Waals surface area contributed by atoms with Gasteiger partial charge in [0.2, 0.25) is 0 Å². The Bertz CT molecular complexity index is 1480. The van der Waals surface area contributed by atoms with Crippen LogP contribution >= 0.6 is 39.1 Å². The minimum absolute atomic E-state index is 0.240. The van der Waals surface area contributed by atoms with Crippen molar-refractivity contribution in [2.75, 3.05) is 0 Å². The zero-order chi connectivity index (χ0) is 21.5. The summed E-state index contributed by atoms with van der Waals surface area (Å²) in [7, 11) is 0. The molecule has 152 valence electrons. The van der Waals surface area contributed by atoms with Gasteiger partial charge in [0.25, 0.3) is 5.56 Å². The quantitative estimate of drug-likeness (QED) is 0.285. The molecule has 5 nitrogen and oxygen atoms in total. The lowest BCUT2D eigenvalue weighted by Gasteiger charge is -2.14. The van der Waals surface area contributed by atoms with Gasteiger partial charge in [0.15, 0.2) is 11.5 Å². The SMILES string of the molecule is O=c1c2cnn(-c3ccccc3)c2nc(-c2ccc(Cl)cc2Cl)n1-c1ccc(Br)cc1. The van der Waals surface area contributed by atoms with Crippen molar-refractivity contribution in [3.8, 4) is 22.8 Å². The van der Waals surface area contributed by atoms with Crippen LogP contribution in [0.2, 0.25) is 10.0 Å². The molecule has 0 bridgehead atoms. The molecule has 0 radical (unpaired) electrons. The monoisotopic (exact) mass is 510 g/mol. The normalized spacial score (nSPS) is 11.2. The predicted octanol–water partition coefficient (Wildman–Crippen LogP) is 6.31. The Morgan fingerprint density at radius 2 is 1.61 bits per heavy atom. The van der Waals surface area contributed by atoms with Crippen molar-refractivity contribution in [1.82, 2.24) is 19.3 Å². The van der Waals surface area contributed by atoms with Crippen LogP contribution < -0.4 is 5.56 Å². The maximum Gasteiger partial charge on any atom is 0.269 e. The zero-order valence-corrected chi connectivity index (χ0v) is 18.9. The molecule has 8 heteroatoms. The molecule has 0 aliphatic carbocycles. The average molecular weight is 512 g/mol. The highest BCUT2D eigenvalue weighted by Gasteiger charge is 2.20. The summed E-state index contributed by atoms with van der Waals surface area (Å²) >= 11 is 16.0. The molecule has 0 N–H and O–H groups in total. The number of nitrogens with zero attached hydrogens (tertiary/aromatic N) is 4. The highest BCUT2D eigenvalue weighted by atomic mass is 79.9. The van der Waals surface area contributed by atoms with E-state index in [9.17, 15) is 4.79 Å². The summed E-state index contributed by atoms with van der Waals surface area (Å²) in [6, 6.07) is 22.1. The van der Waals surface area contributed by atoms with Gasteiger partial charge in [0, 0.05) is 15.1 Å². The van der Waals surface area contributed by atoms with E-state index in [2.05, 4.69) is 21.0 Å². The molecule has 3 aromatic carbocycles. The fourth-order valence-corrected chi connectivity index (χ4v) is 4.16. The van der Waals surface area contributed by atoms with Gasteiger partial charge < -0.3 is 0 Å². The van der Waals surface area contributed by atoms with Gasteiger partial charge in [-0.2, -0.15) is 5.10 Å². The number of aromatic nitrogens is 4. The maximum absolute atomic E-state index is 13.6. The van der Waals surface area contributed by atoms with Crippen LogP contribution in [0.3, 0.4) is 0 Å². The summed E-state index contributed by atoms with van der Waals surface area (Å²) in [6.45, 7) is 0. The number of para-hydroxylation sites is 1. The molecule has 2 heterocycles. The highest BCUT2D eigenvalue weighted by molar-refractivity contribution is 9.10. The third-order valence-corrected chi connectivity index (χ3v) is 5.94. The van der Waals surface area contributed by atoms with E-state index in [1.54, 1.807) is 33.6 Å². The van der Waals surface area contributed by atoms with Crippen molar-refractivity contribution < 1.29 is 0 Å². The lowest BCUT2D eigenvalue weighted by atomic mass is 10.2. The molecule has 0 unspecified atom stereocenters. The number of hydrogen-bond donors (Lipinski definition) is 0. The van der Waals surface area contributed by atoms with Gasteiger partial charge in [-0.1, -0.05) is 57.3 Å². The standard InChI is InChI=1S/C23H13BrCl2N4O/c24-14-6-9-16(10-7-14)29-21(18-11-8-15(25)12-20(18)26)28-22-19(23(29)31)13-27-30(22)17-4-2-1-3-5-17/h1-13H. The van der Waals surface area contributed by atoms with Crippen LogP contribution in [-0.2, 0) is 0 Å². The smallest absolute Gasteiger partial charge is 0.268 e. The van der Waals surface area contributed by atoms with E-state index in [1.165, 1.54) is 0 Å². The first-order valence-corrected chi connectivity index (χ1v) is 10.9. The zero-order valence-electron chi connectivity index (χ0n) is 15.8. The average Bonchev–Trinajstić information content (AvgIpc) is 3.20. The minimum atomic E-state index is -0.240. The molecule has 0 atom stereocenters. The summed E-state index contributed by atoms with van der Waals surface area (Å²) in [5, 5.41) is 5.73. The molecule has 0 fully saturated rings. The first-order chi connectivity index (χ1) is 15.0. The Morgan fingerprint density at radius 3 is 2.32 bits per heavy atom. The fraction of sp³-hybridized carbons (Fsp3) is 0. The van der Waals surface area contributed by atoms with Crippen LogP contribution in [0.1, 0.15) is 0 Å². The van der Waals surface area contributed by atoms with Gasteiger partial charge in [0.05, 0.1) is 22.6 Å². The molecule has 0 amide bonds. The Hall–Kier alpha value is -2.93. The largest absolute Gasteiger partial charge is 0.269 e. The molecule has 0 saturated carbocycles. The van der Waals surface area contributed by atoms with Gasteiger partial charge in [-0.05, 0) is 54.6 Å². The Balaban J connectivity index is 1.88. The van der Waals surface area contributed by atoms with Gasteiger partial charge in [-0.15, -0.1) is 0 Å². The van der Waals surface area contributed by atoms with Crippen molar-refractivity contribution in [3.05, 3.63) is 104 Å². The summed E-state index contributed by atoms with van der Waals surface area (Å²) in [5.74, 6) is 0.402. The van der Waals surface area contributed by atoms with E-state index in [0.29, 0.717) is 38.2 Å². The van der Waals surface area contributed by atoms with Crippen molar-refractivity contribution in [3.63, 3.8) is 0 Å². The predicted molar refractivity (Wildman–Crippen MR) is 128 cm³/mol. The van der Waals surface area contributed by atoms with Crippen molar-refractivity contribution in [2.45, 2.75) is 0 Å². The molecule has 31 heavy (non-hydrogen) atoms. The molecule has 0 aliphatic heterocycles. The summed E-state index contributed by atoms with van der Waals surface area (Å²) in [4.78, 5) is 18.5. The topological polar surface area (TPSA) is 52.7 Å². The van der Waals surface area contributed by atoms with Crippen molar-refractivity contribution in [2.24, 2.45) is 0 Å². The summed E-state index contributed by atoms with van der Waals surface area (Å²) in [6.07, 6.45) is 1.54. The van der Waals surface area contributed by atoms with Gasteiger partial charge in [0.1, 0.15) is 5.39 Å². The van der Waals surface area contributed by atoms with E-state index >= 15 is 0 Å². The molecule has 0 aliphatic rings. The van der Waals surface area contributed by atoms with Crippen LogP contribution in [-0.4, -0.2) is 19.3 Å². The molecule has 0 spiro atoms. The van der Waals surface area contributed by atoms with Gasteiger partial charge >= 0.3 is 0 Å². The fourth-order valence-electron chi connectivity index (χ4n) is 3.41. The van der Waals surface area contributed by atoms with E-state index in [-0.39, 0.29) is 5.56 Å². The highest BCUT2D eigenvalue weighted by Crippen LogP contribution is 2.31. The first-order valence-electron chi connectivity index (χ1n) is 9.30. The van der Waals surface area contributed by atoms with Crippen molar-refractivity contribution in [1.29, 1.82) is 0 Å². The second-order valence-corrected chi connectivity index (χ2v) is 8.57. The Labute approximate surface area is 195 Å². The Kier molecular flexibility index (Phi) is 5.14. The van der Waals surface area contributed by atoms with Gasteiger partial charge in [-0.3, -0.25) is 9.36 Å². The second kappa shape index (κ2) is 7.96. The summed E-state index contributed by atoms with van der Waals surface area (Å²) in [5.41, 5.74) is 2.27. The van der Waals surface area contributed by atoms with E-state index in [0.717, 1.165) is 10.2 Å². The number of hydrogen-bond acceptors (Lipinski definition) is 3.